The molecule has 0 atom stereocenters. The highest BCUT2D eigenvalue weighted by atomic mass is 32.2. The number of carbonyl (C=O) groups is 1. The van der Waals surface area contributed by atoms with Gasteiger partial charge in [-0.05, 0) is 30.3 Å². The highest BCUT2D eigenvalue weighted by Crippen LogP contribution is 2.34. The van der Waals surface area contributed by atoms with Crippen LogP contribution in [0.3, 0.4) is 0 Å². The molecule has 0 saturated heterocycles. The Morgan fingerprint density at radius 1 is 0.889 bits per heavy atom. The standard InChI is InChI=1S/C13H9NO3S/c14-8-5-6-10-12(7-8)18(16,17)11-4-2-1-3-9(11)13(10)15/h1-7H,14H2. The number of ketones is 1. The molecule has 3 rings (SSSR count). The fraction of sp³-hybridized carbons (Fsp3) is 0. The number of hydrogen-bond donors (Lipinski definition) is 1. The van der Waals surface area contributed by atoms with Gasteiger partial charge in [-0.15, -0.1) is 0 Å². The number of carbonyl (C=O) groups excluding carboxylic acids is 1. The minimum atomic E-state index is -3.66. The maximum absolute atomic E-state index is 12.4. The average Bonchev–Trinajstić information content (AvgIpc) is 2.36. The third-order valence-corrected chi connectivity index (χ3v) is 4.81. The van der Waals surface area contributed by atoms with Crippen LogP contribution in [0.15, 0.2) is 52.3 Å². The Balaban J connectivity index is 2.45. The number of nitrogen functional groups attached to an aromatic ring is 1. The van der Waals surface area contributed by atoms with E-state index in [9.17, 15) is 13.2 Å². The Kier molecular flexibility index (Phi) is 2.09. The Bertz CT molecular complexity index is 779. The van der Waals surface area contributed by atoms with Gasteiger partial charge in [0, 0.05) is 16.8 Å². The molecule has 4 nitrogen and oxygen atoms in total. The van der Waals surface area contributed by atoms with Crippen LogP contribution < -0.4 is 5.73 Å². The number of sulfone groups is 1. The smallest absolute Gasteiger partial charge is 0.208 e. The lowest BCUT2D eigenvalue weighted by molar-refractivity contribution is 0.103. The molecule has 0 aromatic heterocycles. The monoisotopic (exact) mass is 259 g/mol. The number of benzene rings is 2. The van der Waals surface area contributed by atoms with Gasteiger partial charge in [-0.2, -0.15) is 0 Å². The molecule has 0 aliphatic carbocycles. The van der Waals surface area contributed by atoms with Crippen LogP contribution in [-0.4, -0.2) is 14.2 Å². The number of hydrogen-bond acceptors (Lipinski definition) is 4. The van der Waals surface area contributed by atoms with Crippen molar-refractivity contribution in [3.05, 3.63) is 53.6 Å². The maximum Gasteiger partial charge on any atom is 0.208 e. The van der Waals surface area contributed by atoms with E-state index >= 15 is 0 Å². The fourth-order valence-electron chi connectivity index (χ4n) is 2.10. The van der Waals surface area contributed by atoms with E-state index in [1.165, 1.54) is 30.3 Å². The number of fused-ring (bicyclic) bond motifs is 2. The molecule has 90 valence electrons. The Labute approximate surface area is 104 Å². The van der Waals surface area contributed by atoms with Gasteiger partial charge in [-0.3, -0.25) is 4.79 Å². The third-order valence-electron chi connectivity index (χ3n) is 2.96. The predicted octanol–water partition coefficient (Wildman–Crippen LogP) is 1.65. The summed E-state index contributed by atoms with van der Waals surface area (Å²) in [5, 5.41) is 0. The van der Waals surface area contributed by atoms with Crippen molar-refractivity contribution in [2.45, 2.75) is 9.79 Å². The van der Waals surface area contributed by atoms with Crippen molar-refractivity contribution in [3.63, 3.8) is 0 Å². The minimum Gasteiger partial charge on any atom is -0.399 e. The van der Waals surface area contributed by atoms with Crippen molar-refractivity contribution in [3.8, 4) is 0 Å². The number of nitrogens with two attached hydrogens (primary N) is 1. The zero-order chi connectivity index (χ0) is 12.9. The van der Waals surface area contributed by atoms with Gasteiger partial charge in [0.15, 0.2) is 5.78 Å². The molecule has 2 N–H and O–H groups in total. The van der Waals surface area contributed by atoms with Crippen molar-refractivity contribution in [1.29, 1.82) is 0 Å². The summed E-state index contributed by atoms with van der Waals surface area (Å²) in [4.78, 5) is 12.2. The van der Waals surface area contributed by atoms with Crippen LogP contribution in [0.5, 0.6) is 0 Å². The largest absolute Gasteiger partial charge is 0.399 e. The molecule has 0 bridgehead atoms. The van der Waals surface area contributed by atoms with Crippen molar-refractivity contribution in [2.24, 2.45) is 0 Å². The van der Waals surface area contributed by atoms with Gasteiger partial charge in [-0.25, -0.2) is 8.42 Å². The van der Waals surface area contributed by atoms with Crippen LogP contribution in [0, 0.1) is 0 Å². The summed E-state index contributed by atoms with van der Waals surface area (Å²) < 4.78 is 24.8. The van der Waals surface area contributed by atoms with Crippen LogP contribution in [0.1, 0.15) is 15.9 Å². The normalized spacial score (nSPS) is 15.9. The van der Waals surface area contributed by atoms with Crippen LogP contribution in [-0.2, 0) is 9.84 Å². The van der Waals surface area contributed by atoms with E-state index in [4.69, 9.17) is 5.73 Å². The molecule has 0 radical (unpaired) electrons. The summed E-state index contributed by atoms with van der Waals surface area (Å²) in [7, 11) is -3.66. The molecular formula is C13H9NO3S. The first kappa shape index (κ1) is 11.0. The molecular weight excluding hydrogens is 250 g/mol. The van der Waals surface area contributed by atoms with Crippen LogP contribution in [0.2, 0.25) is 0 Å². The van der Waals surface area contributed by atoms with Gasteiger partial charge < -0.3 is 5.73 Å². The molecule has 5 heteroatoms. The second-order valence-corrected chi connectivity index (χ2v) is 5.97. The third kappa shape index (κ3) is 1.31. The molecule has 0 unspecified atom stereocenters. The van der Waals surface area contributed by atoms with Gasteiger partial charge in [0.05, 0.1) is 9.79 Å². The summed E-state index contributed by atoms with van der Waals surface area (Å²) in [5.41, 5.74) is 6.32. The van der Waals surface area contributed by atoms with Crippen molar-refractivity contribution >= 4 is 21.3 Å². The number of rotatable bonds is 0. The van der Waals surface area contributed by atoms with Crippen LogP contribution in [0.25, 0.3) is 0 Å². The van der Waals surface area contributed by atoms with E-state index in [1.807, 2.05) is 0 Å². The van der Waals surface area contributed by atoms with E-state index in [2.05, 4.69) is 0 Å². The van der Waals surface area contributed by atoms with Gasteiger partial charge >= 0.3 is 0 Å². The first-order valence-corrected chi connectivity index (χ1v) is 6.78. The molecule has 0 spiro atoms. The molecule has 1 aliphatic heterocycles. The Morgan fingerprint density at radius 2 is 1.56 bits per heavy atom. The lowest BCUT2D eigenvalue weighted by Crippen LogP contribution is -2.20. The first-order chi connectivity index (χ1) is 8.51. The van der Waals surface area contributed by atoms with Crippen molar-refractivity contribution in [2.75, 3.05) is 5.73 Å². The SMILES string of the molecule is Nc1ccc2c(c1)S(=O)(=O)c1ccccc1C2=O. The second kappa shape index (κ2) is 3.43. The summed E-state index contributed by atoms with van der Waals surface area (Å²) in [6.45, 7) is 0. The molecule has 1 aliphatic rings. The minimum absolute atomic E-state index is 0.00815. The molecule has 0 saturated carbocycles. The van der Waals surface area contributed by atoms with Crippen molar-refractivity contribution < 1.29 is 13.2 Å². The highest BCUT2D eigenvalue weighted by molar-refractivity contribution is 7.91. The molecule has 0 amide bonds. The topological polar surface area (TPSA) is 77.2 Å². The Hall–Kier alpha value is -2.14. The second-order valence-electron chi connectivity index (χ2n) is 4.08. The average molecular weight is 259 g/mol. The molecule has 2 aromatic carbocycles. The molecule has 0 fully saturated rings. The first-order valence-electron chi connectivity index (χ1n) is 5.30. The maximum atomic E-state index is 12.4. The van der Waals surface area contributed by atoms with Gasteiger partial charge in [0.25, 0.3) is 0 Å². The predicted molar refractivity (Wildman–Crippen MR) is 66.2 cm³/mol. The number of anilines is 1. The zero-order valence-corrected chi connectivity index (χ0v) is 10.1. The Morgan fingerprint density at radius 3 is 2.33 bits per heavy atom. The zero-order valence-electron chi connectivity index (χ0n) is 9.25. The van der Waals surface area contributed by atoms with E-state index < -0.39 is 9.84 Å². The van der Waals surface area contributed by atoms with E-state index in [1.54, 1.807) is 12.1 Å². The van der Waals surface area contributed by atoms with Crippen LogP contribution in [0.4, 0.5) is 5.69 Å². The van der Waals surface area contributed by atoms with Crippen LogP contribution >= 0.6 is 0 Å². The summed E-state index contributed by atoms with van der Waals surface area (Å²) in [6, 6.07) is 10.5. The van der Waals surface area contributed by atoms with Crippen molar-refractivity contribution in [1.82, 2.24) is 0 Å². The quantitative estimate of drug-likeness (QED) is 0.623. The molecule has 2 aromatic rings. The van der Waals surface area contributed by atoms with Gasteiger partial charge in [0.1, 0.15) is 0 Å². The summed E-state index contributed by atoms with van der Waals surface area (Å²) in [5.74, 6) is -0.282. The van der Waals surface area contributed by atoms with Gasteiger partial charge in [-0.1, -0.05) is 12.1 Å². The molecule has 18 heavy (non-hydrogen) atoms. The fourth-order valence-corrected chi connectivity index (χ4v) is 3.79. The lowest BCUT2D eigenvalue weighted by Gasteiger charge is -2.18. The van der Waals surface area contributed by atoms with E-state index in [0.717, 1.165) is 0 Å². The summed E-state index contributed by atoms with van der Waals surface area (Å²) in [6.07, 6.45) is 0. The lowest BCUT2D eigenvalue weighted by atomic mass is 10.0. The van der Waals surface area contributed by atoms with E-state index in [0.29, 0.717) is 5.69 Å². The summed E-state index contributed by atoms with van der Waals surface area (Å²) >= 11 is 0. The van der Waals surface area contributed by atoms with E-state index in [-0.39, 0.29) is 26.7 Å². The highest BCUT2D eigenvalue weighted by Gasteiger charge is 2.34. The molecule has 1 heterocycles. The van der Waals surface area contributed by atoms with Gasteiger partial charge in [0.2, 0.25) is 9.84 Å².